The second-order valence-electron chi connectivity index (χ2n) is 32.0. The van der Waals surface area contributed by atoms with Gasteiger partial charge in [0.1, 0.15) is 62.5 Å². The fraction of sp³-hybridized carbons (Fsp3) is 0.362. The monoisotopic (exact) mass is 2670 g/mol. The van der Waals surface area contributed by atoms with Gasteiger partial charge in [0, 0.05) is 85.6 Å². The molecule has 14 aromatic rings. The minimum absolute atomic E-state index is 0. The van der Waals surface area contributed by atoms with Gasteiger partial charge in [-0.25, -0.2) is 19.9 Å². The minimum atomic E-state index is -1.39. The van der Waals surface area contributed by atoms with Crippen LogP contribution in [0.15, 0.2) is 166 Å². The molecule has 39 heteroatoms. The van der Waals surface area contributed by atoms with Crippen LogP contribution in [0.3, 0.4) is 0 Å². The van der Waals surface area contributed by atoms with Crippen molar-refractivity contribution in [1.82, 2.24) is 19.9 Å². The number of carbonyl (C=O) groups excluding carboxylic acids is 1. The summed E-state index contributed by atoms with van der Waals surface area (Å²) in [6, 6.07) is 43.4. The van der Waals surface area contributed by atoms with Gasteiger partial charge >= 0.3 is 8.60 Å². The third-order valence-corrected chi connectivity index (χ3v) is 35.1. The number of nitrogen functional groups attached to an aromatic ring is 1. The number of fused-ring (bicyclic) bond motifs is 4. The number of hydrogen-bond donors (Lipinski definition) is 3. The van der Waals surface area contributed by atoms with E-state index < -0.39 is 20.9 Å². The van der Waals surface area contributed by atoms with Crippen LogP contribution < -0.4 is 48.4 Å². The van der Waals surface area contributed by atoms with Crippen molar-refractivity contribution < 1.29 is 96.6 Å². The third kappa shape index (κ3) is 47.7. The molecule has 0 saturated heterocycles. The number of hydrogen-bond acceptors (Lipinski definition) is 27. The Bertz CT molecular complexity index is 6030. The number of ether oxygens (including phenoxy) is 9. The Morgan fingerprint density at radius 1 is 0.451 bits per heavy atom. The number of methoxy groups -OCH3 is 9. The van der Waals surface area contributed by atoms with Gasteiger partial charge < -0.3 is 79.6 Å². The number of benzene rings is 10. The Kier molecular flexibility index (Phi) is 66.5. The number of aromatic nitrogens is 4. The van der Waals surface area contributed by atoms with Crippen molar-refractivity contribution in [2.24, 2.45) is 0 Å². The number of halogens is 8. The van der Waals surface area contributed by atoms with E-state index in [9.17, 15) is 20.0 Å². The first-order valence-electron chi connectivity index (χ1n) is 43.6. The first-order chi connectivity index (χ1) is 66.3. The number of aryl methyl sites for hydroxylation is 11. The zero-order valence-corrected chi connectivity index (χ0v) is 106. The second-order valence-corrected chi connectivity index (χ2v) is 51.9. The fourth-order valence-corrected chi connectivity index (χ4v) is 18.8. The number of carbonyl (C=O) groups is 1. The van der Waals surface area contributed by atoms with Gasteiger partial charge in [-0.3, -0.25) is 14.9 Å². The van der Waals surface area contributed by atoms with Gasteiger partial charge in [0.25, 0.3) is 5.69 Å². The number of phenolic OH excluding ortho intramolecular Hbond substituents is 2. The number of anilines is 1. The van der Waals surface area contributed by atoms with Gasteiger partial charge in [-0.05, 0) is 305 Å². The number of aromatic hydroxyl groups is 2. The van der Waals surface area contributed by atoms with E-state index in [1.165, 1.54) is 39.9 Å². The van der Waals surface area contributed by atoms with Gasteiger partial charge in [-0.1, -0.05) is 151 Å². The predicted molar refractivity (Wildman–Crippen MR) is 636 cm³/mol. The number of alkyl halides is 1. The molecule has 4 aromatic heterocycles. The maximum atomic E-state index is 11.0. The van der Waals surface area contributed by atoms with Crippen LogP contribution in [0.25, 0.3) is 40.9 Å². The molecule has 0 unspecified atom stereocenters. The molecule has 23 nitrogen and oxygen atoms in total. The SMILES string of the molecule is C.CC(C)(C)[Si](C)(C)Cl.CCOP(OCC)OCC.COc1cc(Br)c(CC(C)=O)cc1C.COc1cc(Br)c(CC(C)=S)cc1C.COc1cc(Br)c(N)cc1C.COc1cc(Br)c([N+](=O)[O-])cc1C.COc1cc(Br)ccc1C.COc1cc2sc(C)nc2cc1C.COc1cc2sc(C)nc2cc1C.COc1cc2sc(C)nc2cc1O.COc1cc2sc(CBr)nc2cc1C.Oc1ccc(Br)cc1.[CH3-].[Pd]. The summed E-state index contributed by atoms with van der Waals surface area (Å²) in [5.41, 5.74) is 21.2. The number of nitrogens with two attached hydrogens (primary N) is 1. The van der Waals surface area contributed by atoms with Crippen molar-refractivity contribution in [3.05, 3.63) is 260 Å². The minimum Gasteiger partial charge on any atom is -0.508 e. The summed E-state index contributed by atoms with van der Waals surface area (Å²) in [5, 5.41) is 34.1. The molecule has 0 radical (unpaired) electrons. The summed E-state index contributed by atoms with van der Waals surface area (Å²) in [5.74, 6) is 8.07. The number of thiazole rings is 4. The van der Waals surface area contributed by atoms with E-state index in [0.29, 0.717) is 53.0 Å². The van der Waals surface area contributed by atoms with E-state index in [1.807, 2.05) is 145 Å². The van der Waals surface area contributed by atoms with Crippen LogP contribution in [-0.4, -0.2) is 137 Å². The number of rotatable bonds is 21. The van der Waals surface area contributed by atoms with Crippen molar-refractivity contribution in [2.75, 3.05) is 89.5 Å². The van der Waals surface area contributed by atoms with Crippen LogP contribution >= 0.6 is 189 Å². The van der Waals surface area contributed by atoms with E-state index in [0.717, 1.165) is 182 Å². The van der Waals surface area contributed by atoms with Crippen LogP contribution in [0.5, 0.6) is 63.2 Å². The molecule has 0 atom stereocenters. The van der Waals surface area contributed by atoms with E-state index in [4.69, 9.17) is 90.3 Å². The van der Waals surface area contributed by atoms with E-state index >= 15 is 0 Å². The number of ketones is 1. The Balaban J connectivity index is 0.00000155. The second kappa shape index (κ2) is 69.7. The topological polar surface area (TPSA) is 289 Å². The number of Topliss-reactive ketones (excluding diaryl/α,β-unsaturated/α-hetero) is 1. The smallest absolute Gasteiger partial charge is 0.332 e. The summed E-state index contributed by atoms with van der Waals surface area (Å²) in [6.45, 7) is 44.0. The molecule has 0 amide bonds. The first kappa shape index (κ1) is 137. The molecule has 794 valence electrons. The molecule has 0 fully saturated rings. The van der Waals surface area contributed by atoms with Crippen molar-refractivity contribution >= 4 is 259 Å². The molecule has 144 heavy (non-hydrogen) atoms. The van der Waals surface area contributed by atoms with Crippen LogP contribution in [0.2, 0.25) is 18.1 Å². The number of thiocarbonyl (C=S) groups is 1. The zero-order valence-electron chi connectivity index (χ0n) is 86.7. The van der Waals surface area contributed by atoms with Crippen molar-refractivity contribution in [2.45, 2.75) is 175 Å². The molecule has 0 saturated carbocycles. The van der Waals surface area contributed by atoms with Crippen molar-refractivity contribution in [3.63, 3.8) is 0 Å². The molecule has 0 aliphatic rings. The molecule has 0 spiro atoms. The number of nitrogens with zero attached hydrogens (tertiary/aromatic N) is 5. The molecular formula is C105H136Br7ClN6O17PPdS5Si-. The van der Waals surface area contributed by atoms with E-state index in [2.05, 4.69) is 208 Å². The Labute approximate surface area is 953 Å². The third-order valence-electron chi connectivity index (χ3n) is 19.7. The number of phenols is 2. The maximum absolute atomic E-state index is 11.0. The summed E-state index contributed by atoms with van der Waals surface area (Å²) in [4.78, 5) is 39.6. The number of nitro groups is 1. The summed E-state index contributed by atoms with van der Waals surface area (Å²) in [6.07, 6.45) is 1.30. The summed E-state index contributed by atoms with van der Waals surface area (Å²) < 4.78 is 71.7. The van der Waals surface area contributed by atoms with Crippen LogP contribution in [0.4, 0.5) is 11.4 Å². The van der Waals surface area contributed by atoms with Crippen molar-refractivity contribution in [1.29, 1.82) is 0 Å². The maximum Gasteiger partial charge on any atom is 0.332 e. The molecule has 14 rings (SSSR count). The van der Waals surface area contributed by atoms with E-state index in [-0.39, 0.29) is 52.5 Å². The molecule has 4 heterocycles. The van der Waals surface area contributed by atoms with Gasteiger partial charge in [0.15, 0.2) is 18.9 Å². The summed E-state index contributed by atoms with van der Waals surface area (Å²) >= 11 is 41.3. The Hall–Kier alpha value is -6.64. The predicted octanol–water partition coefficient (Wildman–Crippen LogP) is 34.8. The van der Waals surface area contributed by atoms with Crippen molar-refractivity contribution in [3.8, 4) is 63.2 Å². The van der Waals surface area contributed by atoms with Gasteiger partial charge in [-0.2, -0.15) is 11.1 Å². The molecule has 0 aliphatic carbocycles. The van der Waals surface area contributed by atoms with Crippen LogP contribution in [0.1, 0.15) is 138 Å². The first-order valence-corrected chi connectivity index (χ1v) is 58.3. The normalized spacial score (nSPS) is 10.2. The molecular weight excluding hydrogens is 2540 g/mol. The molecule has 0 bridgehead atoms. The molecule has 0 aliphatic heterocycles. The van der Waals surface area contributed by atoms with Gasteiger partial charge in [0.05, 0.1) is 154 Å². The summed E-state index contributed by atoms with van der Waals surface area (Å²) in [7, 11) is 12.3. The Morgan fingerprint density at radius 2 is 0.757 bits per heavy atom. The standard InChI is InChI=1S/C11H13BrO2.C11H13BrOS.C10H10BrNOS.2C10H11NOS.C9H9NO2S.C8H8BrNO3.C8H10BrNO.C8H9BrO.C6H5BrO.C6H15ClSi.C6H15O3P.CH4.CH3.Pd/c1-7-4-9(5-8(2)13)10(12)6-11(7)14-3;1-7-4-9(5-8(2)14)10(12)6-11(7)13-3;1-6-3-7-9(4-8(6)13-2)14-10(5-11)12-7;2*1-6-4-8-10(5-9(6)12-3)13-7(2)11-8;1-5-10-6-3-7(11)8(12-2)4-9(6)13-5;1-5-3-7(10(11)12)6(9)4-8(5)13-2;1-5-3-7(10)6(9)4-8(5)11-2;1-6-3-4-7(9)5-8(6)10-2;7-5-1-3-6(8)4-2-5;1-6(2,3)8(4,5)7;1-4-7-10(8-5-2)9-6-3;;;/h2*4,6H,5H2,1-3H3;3-4H,5H2,1-2H3;2*4-5H,1-3H3;3-4,11H,1-2H3;3-4H,1-2H3;3-4H,10H2,1-2H3;3-5H,1-2H3;1-4,8H;1-5H3;4-6H2,1-3H3;1H4;1H3;/q;;;;;;;;;;;;;-1;. The van der Waals surface area contributed by atoms with Gasteiger partial charge in [-0.15, -0.1) is 45.3 Å². The zero-order chi connectivity index (χ0) is 107. The molecule has 10 aromatic carbocycles. The molecule has 4 N–H and O–H groups in total. The average Bonchev–Trinajstić information content (AvgIpc) is 1.67. The Morgan fingerprint density at radius 3 is 1.09 bits per heavy atom. The van der Waals surface area contributed by atoms with E-state index in [1.54, 1.807) is 151 Å². The largest absolute Gasteiger partial charge is 0.508 e. The van der Waals surface area contributed by atoms with Crippen LogP contribution in [0, 0.1) is 93.7 Å². The van der Waals surface area contributed by atoms with Gasteiger partial charge in [0.2, 0.25) is 0 Å². The number of nitro benzene ring substituents is 1. The average molecular weight is 2670 g/mol. The van der Waals surface area contributed by atoms with Crippen LogP contribution in [-0.2, 0) is 57.0 Å². The fourth-order valence-electron chi connectivity index (χ4n) is 11.7. The quantitative estimate of drug-likeness (QED) is 0.00693.